The first-order valence-corrected chi connectivity index (χ1v) is 8.49. The fraction of sp³-hybridized carbons (Fsp3) is 0.500. The van der Waals surface area contributed by atoms with Gasteiger partial charge in [-0.15, -0.1) is 0 Å². The van der Waals surface area contributed by atoms with E-state index in [0.717, 1.165) is 6.07 Å². The zero-order valence-corrected chi connectivity index (χ0v) is 13.3. The van der Waals surface area contributed by atoms with Crippen molar-refractivity contribution >= 4 is 31.6 Å². The first-order valence-electron chi connectivity index (χ1n) is 6.22. The molecular formula is C12H16BrFN2O3S. The lowest BCUT2D eigenvalue weighted by Gasteiger charge is -2.35. The van der Waals surface area contributed by atoms with Crippen LogP contribution in [-0.4, -0.2) is 27.2 Å². The van der Waals surface area contributed by atoms with Crippen LogP contribution in [0, 0.1) is 5.82 Å². The van der Waals surface area contributed by atoms with Gasteiger partial charge in [0.25, 0.3) is 0 Å². The van der Waals surface area contributed by atoms with Gasteiger partial charge in [0.15, 0.2) is 0 Å². The zero-order chi connectivity index (χ0) is 14.9. The second-order valence-electron chi connectivity index (χ2n) is 4.67. The molecule has 0 aliphatic heterocycles. The van der Waals surface area contributed by atoms with E-state index < -0.39 is 15.8 Å². The Hall–Kier alpha value is -0.700. The summed E-state index contributed by atoms with van der Waals surface area (Å²) in [6.07, 6.45) is 1.37. The SMILES string of the molecule is CCOC1CC(NS(=O)(=O)c2cc(Br)c(F)cc2N)C1. The van der Waals surface area contributed by atoms with E-state index in [1.54, 1.807) is 0 Å². The second kappa shape index (κ2) is 5.97. The summed E-state index contributed by atoms with van der Waals surface area (Å²) < 4.78 is 45.7. The van der Waals surface area contributed by atoms with Gasteiger partial charge in [0.1, 0.15) is 10.7 Å². The molecule has 1 aromatic carbocycles. The summed E-state index contributed by atoms with van der Waals surface area (Å²) >= 11 is 2.96. The van der Waals surface area contributed by atoms with Gasteiger partial charge in [-0.2, -0.15) is 0 Å². The molecule has 1 aliphatic rings. The van der Waals surface area contributed by atoms with Crippen LogP contribution in [0.15, 0.2) is 21.5 Å². The Morgan fingerprint density at radius 1 is 1.50 bits per heavy atom. The smallest absolute Gasteiger partial charge is 0.242 e. The number of hydrogen-bond acceptors (Lipinski definition) is 4. The Morgan fingerprint density at radius 2 is 2.15 bits per heavy atom. The van der Waals surface area contributed by atoms with Crippen LogP contribution >= 0.6 is 15.9 Å². The molecule has 1 aliphatic carbocycles. The van der Waals surface area contributed by atoms with Crippen molar-refractivity contribution in [3.8, 4) is 0 Å². The Morgan fingerprint density at radius 3 is 2.75 bits per heavy atom. The first-order chi connectivity index (χ1) is 9.33. The van der Waals surface area contributed by atoms with Crippen molar-refractivity contribution in [3.05, 3.63) is 22.4 Å². The van der Waals surface area contributed by atoms with Crippen LogP contribution in [0.2, 0.25) is 0 Å². The van der Waals surface area contributed by atoms with E-state index in [2.05, 4.69) is 20.7 Å². The minimum absolute atomic E-state index is 0.0628. The van der Waals surface area contributed by atoms with Gasteiger partial charge in [0, 0.05) is 12.6 Å². The number of nitrogens with one attached hydrogen (secondary N) is 1. The van der Waals surface area contributed by atoms with Gasteiger partial charge in [-0.05, 0) is 47.8 Å². The summed E-state index contributed by atoms with van der Waals surface area (Å²) in [7, 11) is -3.76. The highest BCUT2D eigenvalue weighted by molar-refractivity contribution is 9.10. The molecule has 1 fully saturated rings. The van der Waals surface area contributed by atoms with Crippen LogP contribution in [0.5, 0.6) is 0 Å². The van der Waals surface area contributed by atoms with Crippen LogP contribution in [-0.2, 0) is 14.8 Å². The number of sulfonamides is 1. The molecule has 8 heteroatoms. The fourth-order valence-corrected chi connectivity index (χ4v) is 3.99. The molecule has 3 N–H and O–H groups in total. The lowest BCUT2D eigenvalue weighted by molar-refractivity contribution is -0.00475. The summed E-state index contributed by atoms with van der Waals surface area (Å²) in [6, 6.07) is 1.99. The van der Waals surface area contributed by atoms with Crippen LogP contribution in [0.3, 0.4) is 0 Å². The van der Waals surface area contributed by atoms with E-state index in [0.29, 0.717) is 19.4 Å². The Bertz CT molecular complexity index is 603. The van der Waals surface area contributed by atoms with E-state index in [9.17, 15) is 12.8 Å². The van der Waals surface area contributed by atoms with E-state index in [4.69, 9.17) is 10.5 Å². The number of halogens is 2. The summed E-state index contributed by atoms with van der Waals surface area (Å²) in [4.78, 5) is -0.120. The fourth-order valence-electron chi connectivity index (χ4n) is 2.09. The number of nitrogen functional groups attached to an aromatic ring is 1. The summed E-state index contributed by atoms with van der Waals surface area (Å²) in [5, 5.41) is 0. The Kier molecular flexibility index (Phi) is 4.68. The standard InChI is InChI=1S/C12H16BrFN2O3S/c1-2-19-8-3-7(4-8)16-20(17,18)12-5-9(13)10(14)6-11(12)15/h5-8,16H,2-4,15H2,1H3. The molecule has 112 valence electrons. The number of benzene rings is 1. The predicted octanol–water partition coefficient (Wildman–Crippen LogP) is 2.02. The van der Waals surface area contributed by atoms with Crippen LogP contribution < -0.4 is 10.5 Å². The van der Waals surface area contributed by atoms with Crippen molar-refractivity contribution < 1.29 is 17.5 Å². The van der Waals surface area contributed by atoms with Crippen molar-refractivity contribution in [2.24, 2.45) is 0 Å². The maximum absolute atomic E-state index is 13.3. The monoisotopic (exact) mass is 366 g/mol. The molecule has 1 saturated carbocycles. The number of anilines is 1. The number of ether oxygens (including phenoxy) is 1. The number of nitrogens with two attached hydrogens (primary N) is 1. The summed E-state index contributed by atoms with van der Waals surface area (Å²) in [5.41, 5.74) is 5.47. The van der Waals surface area contributed by atoms with Crippen molar-refractivity contribution in [2.45, 2.75) is 36.8 Å². The molecule has 0 saturated heterocycles. The lowest BCUT2D eigenvalue weighted by Crippen LogP contribution is -2.47. The third kappa shape index (κ3) is 3.30. The zero-order valence-electron chi connectivity index (χ0n) is 10.9. The summed E-state index contributed by atoms with van der Waals surface area (Å²) in [5.74, 6) is -0.596. The average Bonchev–Trinajstić information content (AvgIpc) is 2.31. The van der Waals surface area contributed by atoms with Gasteiger partial charge in [-0.1, -0.05) is 0 Å². The van der Waals surface area contributed by atoms with E-state index in [1.807, 2.05) is 6.92 Å². The molecule has 1 aromatic rings. The molecule has 0 spiro atoms. The number of rotatable bonds is 5. The molecular weight excluding hydrogens is 351 g/mol. The molecule has 0 amide bonds. The maximum atomic E-state index is 13.3. The molecule has 20 heavy (non-hydrogen) atoms. The lowest BCUT2D eigenvalue weighted by atomic mass is 9.90. The van der Waals surface area contributed by atoms with Crippen LogP contribution in [0.25, 0.3) is 0 Å². The van der Waals surface area contributed by atoms with Gasteiger partial charge >= 0.3 is 0 Å². The maximum Gasteiger partial charge on any atom is 0.242 e. The molecule has 0 unspecified atom stereocenters. The molecule has 5 nitrogen and oxygen atoms in total. The Labute approximate surface area is 125 Å². The number of hydrogen-bond donors (Lipinski definition) is 2. The molecule has 0 aromatic heterocycles. The van der Waals surface area contributed by atoms with Crippen LogP contribution in [0.4, 0.5) is 10.1 Å². The predicted molar refractivity (Wildman–Crippen MR) is 77.3 cm³/mol. The molecule has 0 heterocycles. The van der Waals surface area contributed by atoms with Crippen molar-refractivity contribution in [3.63, 3.8) is 0 Å². The van der Waals surface area contributed by atoms with Gasteiger partial charge in [0.2, 0.25) is 10.0 Å². The quantitative estimate of drug-likeness (QED) is 0.781. The third-order valence-electron chi connectivity index (χ3n) is 3.16. The van der Waals surface area contributed by atoms with Gasteiger partial charge in [-0.25, -0.2) is 17.5 Å². The Balaban J connectivity index is 2.10. The highest BCUT2D eigenvalue weighted by Crippen LogP contribution is 2.29. The largest absolute Gasteiger partial charge is 0.398 e. The molecule has 0 radical (unpaired) electrons. The van der Waals surface area contributed by atoms with Crippen LogP contribution in [0.1, 0.15) is 19.8 Å². The molecule has 0 atom stereocenters. The van der Waals surface area contributed by atoms with Crippen molar-refractivity contribution in [1.29, 1.82) is 0 Å². The average molecular weight is 367 g/mol. The second-order valence-corrected chi connectivity index (χ2v) is 7.21. The van der Waals surface area contributed by atoms with E-state index in [-0.39, 0.29) is 27.2 Å². The van der Waals surface area contributed by atoms with E-state index in [1.165, 1.54) is 6.07 Å². The van der Waals surface area contributed by atoms with E-state index >= 15 is 0 Å². The third-order valence-corrected chi connectivity index (χ3v) is 5.35. The van der Waals surface area contributed by atoms with Crippen molar-refractivity contribution in [1.82, 2.24) is 4.72 Å². The molecule has 2 rings (SSSR count). The van der Waals surface area contributed by atoms with Gasteiger partial charge in [0.05, 0.1) is 16.3 Å². The normalized spacial score (nSPS) is 22.6. The summed E-state index contributed by atoms with van der Waals surface area (Å²) in [6.45, 7) is 2.51. The highest BCUT2D eigenvalue weighted by Gasteiger charge is 2.33. The minimum Gasteiger partial charge on any atom is -0.398 e. The minimum atomic E-state index is -3.76. The molecule has 0 bridgehead atoms. The topological polar surface area (TPSA) is 81.4 Å². The van der Waals surface area contributed by atoms with Gasteiger partial charge < -0.3 is 10.5 Å². The first kappa shape index (κ1) is 15.7. The van der Waals surface area contributed by atoms with Gasteiger partial charge in [-0.3, -0.25) is 0 Å². The highest BCUT2D eigenvalue weighted by atomic mass is 79.9. The van der Waals surface area contributed by atoms with Crippen molar-refractivity contribution in [2.75, 3.05) is 12.3 Å².